The fraction of sp³-hybridized carbons (Fsp3) is 0.207. The molecule has 1 N–H and O–H groups in total. The summed E-state index contributed by atoms with van der Waals surface area (Å²) >= 11 is 6.93. The minimum Gasteiger partial charge on any atom is -0.490 e. The Morgan fingerprint density at radius 2 is 1.66 bits per heavy atom. The predicted molar refractivity (Wildman–Crippen MR) is 153 cm³/mol. The summed E-state index contributed by atoms with van der Waals surface area (Å²) < 4.78 is 13.3. The molecule has 0 atom stereocenters. The van der Waals surface area contributed by atoms with Gasteiger partial charge in [0.25, 0.3) is 11.8 Å². The molecule has 196 valence electrons. The van der Waals surface area contributed by atoms with Gasteiger partial charge in [-0.1, -0.05) is 34.1 Å². The lowest BCUT2D eigenvalue weighted by Crippen LogP contribution is -2.54. The van der Waals surface area contributed by atoms with Crippen molar-refractivity contribution in [1.82, 2.24) is 5.32 Å². The Balaban J connectivity index is 1.67. The van der Waals surface area contributed by atoms with E-state index in [2.05, 4.69) is 63.2 Å². The molecule has 1 heterocycles. The Labute approximate surface area is 238 Å². The zero-order valence-electron chi connectivity index (χ0n) is 21.4. The summed E-state index contributed by atoms with van der Waals surface area (Å²) in [6.45, 7) is 8.47. The molecule has 0 unspecified atom stereocenters. The van der Waals surface area contributed by atoms with Gasteiger partial charge in [0.2, 0.25) is 0 Å². The second-order valence-corrected chi connectivity index (χ2v) is 10.6. The molecular weight excluding hydrogens is 616 g/mol. The summed E-state index contributed by atoms with van der Waals surface area (Å²) in [6, 6.07) is 13.9. The average Bonchev–Trinajstić information content (AvgIpc) is 2.85. The average molecular weight is 642 g/mol. The molecule has 1 saturated heterocycles. The molecule has 0 aromatic heterocycles. The first-order valence-electron chi connectivity index (χ1n) is 11.9. The van der Waals surface area contributed by atoms with E-state index in [0.717, 1.165) is 14.9 Å². The molecule has 7 nitrogen and oxygen atoms in total. The molecule has 4 rings (SSSR count). The van der Waals surface area contributed by atoms with E-state index < -0.39 is 17.8 Å². The molecule has 38 heavy (non-hydrogen) atoms. The second kappa shape index (κ2) is 11.5. The molecule has 0 bridgehead atoms. The van der Waals surface area contributed by atoms with Gasteiger partial charge in [-0.15, -0.1) is 0 Å². The third-order valence-corrected chi connectivity index (χ3v) is 7.18. The van der Waals surface area contributed by atoms with Gasteiger partial charge in [-0.25, -0.2) is 9.69 Å². The van der Waals surface area contributed by atoms with E-state index in [4.69, 9.17) is 9.47 Å². The van der Waals surface area contributed by atoms with Crippen molar-refractivity contribution in [3.8, 4) is 11.5 Å². The van der Waals surface area contributed by atoms with E-state index in [1.165, 1.54) is 17.2 Å². The van der Waals surface area contributed by atoms with Crippen molar-refractivity contribution in [2.75, 3.05) is 11.5 Å². The molecular formula is C29H26Br2N2O5. The molecule has 1 aliphatic heterocycles. The Kier molecular flexibility index (Phi) is 8.38. The molecule has 0 aliphatic carbocycles. The van der Waals surface area contributed by atoms with Crippen LogP contribution in [0, 0.1) is 20.8 Å². The first-order chi connectivity index (χ1) is 18.1. The minimum atomic E-state index is -0.797. The van der Waals surface area contributed by atoms with Crippen molar-refractivity contribution >= 4 is 61.5 Å². The first kappa shape index (κ1) is 27.6. The number of urea groups is 1. The third-order valence-electron chi connectivity index (χ3n) is 6.10. The lowest BCUT2D eigenvalue weighted by Gasteiger charge is -2.27. The predicted octanol–water partition coefficient (Wildman–Crippen LogP) is 6.78. The van der Waals surface area contributed by atoms with Crippen molar-refractivity contribution in [2.24, 2.45) is 0 Å². The van der Waals surface area contributed by atoms with Crippen LogP contribution in [0.3, 0.4) is 0 Å². The topological polar surface area (TPSA) is 84.9 Å². The summed E-state index contributed by atoms with van der Waals surface area (Å²) in [5, 5.41) is 2.26. The number of rotatable bonds is 7. The lowest BCUT2D eigenvalue weighted by molar-refractivity contribution is -0.122. The van der Waals surface area contributed by atoms with Crippen LogP contribution in [0.25, 0.3) is 6.08 Å². The van der Waals surface area contributed by atoms with Gasteiger partial charge in [-0.2, -0.15) is 0 Å². The Bertz CT molecular complexity index is 1480. The number of hydrogen-bond acceptors (Lipinski definition) is 5. The molecule has 1 fully saturated rings. The SMILES string of the molecule is CCOc1cc(/C=C2/C(=O)NC(=O)N(c3ccc(Br)cc3C)C2=O)cc(Br)c1OCc1ccc(C)c(C)c1. The number of carbonyl (C=O) groups is 3. The standard InChI is InChI=1S/C29H26Br2N2O5/c1-5-37-25-14-20(13-23(31)26(25)38-15-19-7-6-16(2)17(3)10-19)12-22-27(34)32-29(36)33(28(22)35)24-9-8-21(30)11-18(24)4/h6-14H,5,15H2,1-4H3,(H,32,34,36)/b22-12-. The molecule has 0 radical (unpaired) electrons. The maximum Gasteiger partial charge on any atom is 0.335 e. The zero-order chi connectivity index (χ0) is 27.6. The van der Waals surface area contributed by atoms with E-state index in [-0.39, 0.29) is 5.57 Å². The number of imide groups is 2. The van der Waals surface area contributed by atoms with Crippen molar-refractivity contribution in [3.63, 3.8) is 0 Å². The monoisotopic (exact) mass is 640 g/mol. The lowest BCUT2D eigenvalue weighted by atomic mass is 10.1. The summed E-state index contributed by atoms with van der Waals surface area (Å²) in [4.78, 5) is 39.6. The van der Waals surface area contributed by atoms with Gasteiger partial charge in [0, 0.05) is 4.47 Å². The Morgan fingerprint density at radius 3 is 2.34 bits per heavy atom. The summed E-state index contributed by atoms with van der Waals surface area (Å²) in [6.07, 6.45) is 1.44. The van der Waals surface area contributed by atoms with Crippen molar-refractivity contribution in [2.45, 2.75) is 34.3 Å². The van der Waals surface area contributed by atoms with E-state index in [1.807, 2.05) is 13.0 Å². The normalized spacial score (nSPS) is 14.6. The number of nitrogens with zero attached hydrogens (tertiary/aromatic N) is 1. The van der Waals surface area contributed by atoms with Crippen LogP contribution in [-0.4, -0.2) is 24.5 Å². The number of anilines is 1. The highest BCUT2D eigenvalue weighted by molar-refractivity contribution is 9.10. The van der Waals surface area contributed by atoms with Gasteiger partial charge in [-0.3, -0.25) is 14.9 Å². The first-order valence-corrected chi connectivity index (χ1v) is 13.5. The number of hydrogen-bond donors (Lipinski definition) is 1. The maximum atomic E-state index is 13.4. The highest BCUT2D eigenvalue weighted by Crippen LogP contribution is 2.38. The summed E-state index contributed by atoms with van der Waals surface area (Å²) in [5.74, 6) is -0.518. The minimum absolute atomic E-state index is 0.176. The molecule has 1 aliphatic rings. The van der Waals surface area contributed by atoms with Crippen LogP contribution in [-0.2, 0) is 16.2 Å². The smallest absolute Gasteiger partial charge is 0.335 e. The van der Waals surface area contributed by atoms with Gasteiger partial charge >= 0.3 is 6.03 Å². The highest BCUT2D eigenvalue weighted by atomic mass is 79.9. The largest absolute Gasteiger partial charge is 0.490 e. The van der Waals surface area contributed by atoms with Crippen LogP contribution < -0.4 is 19.7 Å². The van der Waals surface area contributed by atoms with Crippen molar-refractivity contribution < 1.29 is 23.9 Å². The number of carbonyl (C=O) groups excluding carboxylic acids is 3. The van der Waals surface area contributed by atoms with E-state index in [9.17, 15) is 14.4 Å². The Hall–Kier alpha value is -3.43. The zero-order valence-corrected chi connectivity index (χ0v) is 24.5. The van der Waals surface area contributed by atoms with Crippen LogP contribution in [0.15, 0.2) is 63.0 Å². The van der Waals surface area contributed by atoms with Crippen LogP contribution >= 0.6 is 31.9 Å². The molecule has 9 heteroatoms. The second-order valence-electron chi connectivity index (χ2n) is 8.86. The van der Waals surface area contributed by atoms with Crippen molar-refractivity contribution in [3.05, 3.63) is 90.9 Å². The summed E-state index contributed by atoms with van der Waals surface area (Å²) in [5.41, 5.74) is 4.84. The number of ether oxygens (including phenoxy) is 2. The fourth-order valence-corrected chi connectivity index (χ4v) is 5.09. The summed E-state index contributed by atoms with van der Waals surface area (Å²) in [7, 11) is 0. The molecule has 3 aromatic carbocycles. The van der Waals surface area contributed by atoms with Crippen molar-refractivity contribution in [1.29, 1.82) is 0 Å². The van der Waals surface area contributed by atoms with E-state index >= 15 is 0 Å². The van der Waals surface area contributed by atoms with Crippen LogP contribution in [0.5, 0.6) is 11.5 Å². The van der Waals surface area contributed by atoms with Crippen LogP contribution in [0.2, 0.25) is 0 Å². The molecule has 4 amide bonds. The molecule has 3 aromatic rings. The van der Waals surface area contributed by atoms with Gasteiger partial charge < -0.3 is 9.47 Å². The molecule has 0 saturated carbocycles. The van der Waals surface area contributed by atoms with Crippen LogP contribution in [0.1, 0.15) is 34.7 Å². The number of amides is 4. The fourth-order valence-electron chi connectivity index (χ4n) is 4.04. The number of halogens is 2. The Morgan fingerprint density at radius 1 is 0.895 bits per heavy atom. The van der Waals surface area contributed by atoms with Crippen LogP contribution in [0.4, 0.5) is 10.5 Å². The molecule has 0 spiro atoms. The number of nitrogens with one attached hydrogen (secondary N) is 1. The highest BCUT2D eigenvalue weighted by Gasteiger charge is 2.37. The number of benzene rings is 3. The van der Waals surface area contributed by atoms with Gasteiger partial charge in [0.15, 0.2) is 11.5 Å². The van der Waals surface area contributed by atoms with E-state index in [0.29, 0.717) is 46.0 Å². The maximum absolute atomic E-state index is 13.4. The quantitative estimate of drug-likeness (QED) is 0.227. The third kappa shape index (κ3) is 5.84. The van der Waals surface area contributed by atoms with Gasteiger partial charge in [0.05, 0.1) is 16.8 Å². The number of aryl methyl sites for hydroxylation is 3. The van der Waals surface area contributed by atoms with Gasteiger partial charge in [0.1, 0.15) is 12.2 Å². The van der Waals surface area contributed by atoms with Gasteiger partial charge in [-0.05, 0) is 108 Å². The van der Waals surface area contributed by atoms with E-state index in [1.54, 1.807) is 37.3 Å². The number of barbiturate groups is 1.